The normalized spacial score (nSPS) is 14.5. The molecule has 1 N–H and O–H groups in total. The minimum atomic E-state index is -0.216. The van der Waals surface area contributed by atoms with E-state index in [1.54, 1.807) is 24.5 Å². The predicted octanol–water partition coefficient (Wildman–Crippen LogP) is 4.82. The second-order valence-electron chi connectivity index (χ2n) is 5.35. The van der Waals surface area contributed by atoms with Crippen molar-refractivity contribution in [1.82, 2.24) is 15.2 Å². The van der Waals surface area contributed by atoms with E-state index in [0.29, 0.717) is 6.42 Å². The summed E-state index contributed by atoms with van der Waals surface area (Å²) in [5.41, 5.74) is 4.81. The molecular formula is C19H14FN3. The molecule has 112 valence electrons. The average Bonchev–Trinajstić information content (AvgIpc) is 2.97. The first-order valence-electron chi connectivity index (χ1n) is 7.45. The number of rotatable bonds is 2. The van der Waals surface area contributed by atoms with Crippen LogP contribution in [0.25, 0.3) is 27.6 Å². The smallest absolute Gasteiger partial charge is 0.119 e. The number of H-pyrrole nitrogens is 1. The molecule has 23 heavy (non-hydrogen) atoms. The number of hydrogen-bond donors (Lipinski definition) is 1. The number of aromatic nitrogens is 3. The number of para-hydroxylation sites is 1. The maximum absolute atomic E-state index is 13.4. The molecule has 2 aromatic heterocycles. The Hall–Kier alpha value is -3.01. The van der Waals surface area contributed by atoms with Crippen LogP contribution in [0.2, 0.25) is 0 Å². The summed E-state index contributed by atoms with van der Waals surface area (Å²) in [6.07, 6.45) is 11.0. The summed E-state index contributed by atoms with van der Waals surface area (Å²) < 4.78 is 13.4. The lowest BCUT2D eigenvalue weighted by atomic mass is 9.98. The fourth-order valence-corrected chi connectivity index (χ4v) is 2.83. The van der Waals surface area contributed by atoms with E-state index in [4.69, 9.17) is 0 Å². The van der Waals surface area contributed by atoms with Gasteiger partial charge in [0.25, 0.3) is 0 Å². The van der Waals surface area contributed by atoms with Gasteiger partial charge in [0.1, 0.15) is 5.83 Å². The first-order valence-corrected chi connectivity index (χ1v) is 7.45. The second-order valence-corrected chi connectivity index (χ2v) is 5.35. The maximum Gasteiger partial charge on any atom is 0.119 e. The Morgan fingerprint density at radius 2 is 1.91 bits per heavy atom. The molecule has 0 unspecified atom stereocenters. The van der Waals surface area contributed by atoms with Gasteiger partial charge in [-0.15, -0.1) is 0 Å². The molecule has 1 aliphatic rings. The van der Waals surface area contributed by atoms with Crippen molar-refractivity contribution < 1.29 is 4.39 Å². The quantitative estimate of drug-likeness (QED) is 0.737. The van der Waals surface area contributed by atoms with Gasteiger partial charge >= 0.3 is 0 Å². The number of hydrogen-bond acceptors (Lipinski definition) is 2. The van der Waals surface area contributed by atoms with Gasteiger partial charge in [-0.05, 0) is 41.8 Å². The highest BCUT2D eigenvalue weighted by Gasteiger charge is 2.14. The van der Waals surface area contributed by atoms with E-state index in [0.717, 1.165) is 33.3 Å². The van der Waals surface area contributed by atoms with Crippen LogP contribution in [0.3, 0.4) is 0 Å². The second kappa shape index (κ2) is 5.65. The lowest BCUT2D eigenvalue weighted by Crippen LogP contribution is -1.88. The average molecular weight is 303 g/mol. The van der Waals surface area contributed by atoms with E-state index in [9.17, 15) is 4.39 Å². The number of allylic oxidation sites excluding steroid dienone is 6. The van der Waals surface area contributed by atoms with Crippen molar-refractivity contribution >= 4 is 16.5 Å². The number of aromatic amines is 1. The molecule has 0 amide bonds. The maximum atomic E-state index is 13.4. The van der Waals surface area contributed by atoms with Crippen molar-refractivity contribution in [2.75, 3.05) is 0 Å². The fraction of sp³-hybridized carbons (Fsp3) is 0.0526. The third-order valence-electron chi connectivity index (χ3n) is 3.94. The number of nitrogens with one attached hydrogen (secondary N) is 1. The summed E-state index contributed by atoms with van der Waals surface area (Å²) >= 11 is 0. The molecule has 4 heteroatoms. The summed E-state index contributed by atoms with van der Waals surface area (Å²) in [6.45, 7) is 0. The van der Waals surface area contributed by atoms with Gasteiger partial charge in [0.15, 0.2) is 0 Å². The summed E-state index contributed by atoms with van der Waals surface area (Å²) in [7, 11) is 0. The predicted molar refractivity (Wildman–Crippen MR) is 90.2 cm³/mol. The Bertz CT molecular complexity index is 958. The van der Waals surface area contributed by atoms with E-state index in [1.807, 2.05) is 36.4 Å². The summed E-state index contributed by atoms with van der Waals surface area (Å²) in [5.74, 6) is -0.216. The molecule has 0 aliphatic heterocycles. The Balaban J connectivity index is 1.87. The van der Waals surface area contributed by atoms with Gasteiger partial charge in [0.05, 0.1) is 17.4 Å². The molecule has 0 bridgehead atoms. The zero-order valence-electron chi connectivity index (χ0n) is 12.3. The van der Waals surface area contributed by atoms with E-state index < -0.39 is 0 Å². The molecule has 0 saturated heterocycles. The lowest BCUT2D eigenvalue weighted by molar-refractivity contribution is 0.663. The minimum absolute atomic E-state index is 0.216. The number of nitrogens with zero attached hydrogens (tertiary/aromatic N) is 2. The summed E-state index contributed by atoms with van der Waals surface area (Å²) in [6, 6.07) is 9.99. The van der Waals surface area contributed by atoms with E-state index in [-0.39, 0.29) is 5.83 Å². The number of halogens is 1. The standard InChI is InChI=1S/C19H14FN3/c20-14-5-3-4-13(8-9-14)19-17(12-22-23-19)15-10-11-21-18-7-2-1-6-16(15)18/h1-2,4-12H,3H2,(H,22,23). The van der Waals surface area contributed by atoms with Crippen molar-refractivity contribution in [3.63, 3.8) is 0 Å². The first-order chi connectivity index (χ1) is 11.3. The molecule has 2 heterocycles. The van der Waals surface area contributed by atoms with Gasteiger partial charge in [-0.1, -0.05) is 30.4 Å². The molecule has 1 aromatic carbocycles. The van der Waals surface area contributed by atoms with Gasteiger partial charge in [-0.25, -0.2) is 4.39 Å². The van der Waals surface area contributed by atoms with Crippen molar-refractivity contribution in [2.45, 2.75) is 6.42 Å². The first kappa shape index (κ1) is 13.6. The van der Waals surface area contributed by atoms with Crippen LogP contribution >= 0.6 is 0 Å². The number of fused-ring (bicyclic) bond motifs is 1. The fourth-order valence-electron chi connectivity index (χ4n) is 2.83. The van der Waals surface area contributed by atoms with Gasteiger partial charge < -0.3 is 0 Å². The van der Waals surface area contributed by atoms with Crippen LogP contribution in [0.1, 0.15) is 12.1 Å². The number of pyridine rings is 1. The van der Waals surface area contributed by atoms with Gasteiger partial charge in [0.2, 0.25) is 0 Å². The summed E-state index contributed by atoms with van der Waals surface area (Å²) in [5, 5.41) is 8.31. The zero-order valence-corrected chi connectivity index (χ0v) is 12.3. The Morgan fingerprint density at radius 1 is 1.00 bits per heavy atom. The number of benzene rings is 1. The Morgan fingerprint density at radius 3 is 2.87 bits per heavy atom. The minimum Gasteiger partial charge on any atom is -0.277 e. The van der Waals surface area contributed by atoms with Crippen molar-refractivity contribution in [3.05, 3.63) is 78.6 Å². The topological polar surface area (TPSA) is 41.6 Å². The van der Waals surface area contributed by atoms with Crippen LogP contribution in [-0.4, -0.2) is 15.2 Å². The van der Waals surface area contributed by atoms with Crippen LogP contribution in [0, 0.1) is 0 Å². The lowest BCUT2D eigenvalue weighted by Gasteiger charge is -2.07. The highest BCUT2D eigenvalue weighted by molar-refractivity contribution is 5.97. The molecular weight excluding hydrogens is 289 g/mol. The van der Waals surface area contributed by atoms with E-state index in [2.05, 4.69) is 15.2 Å². The molecule has 1 aliphatic carbocycles. The van der Waals surface area contributed by atoms with Crippen molar-refractivity contribution in [3.8, 4) is 11.1 Å². The molecule has 4 rings (SSSR count). The summed E-state index contributed by atoms with van der Waals surface area (Å²) in [4.78, 5) is 4.40. The van der Waals surface area contributed by atoms with Crippen molar-refractivity contribution in [1.29, 1.82) is 0 Å². The largest absolute Gasteiger partial charge is 0.277 e. The van der Waals surface area contributed by atoms with Crippen LogP contribution in [0.4, 0.5) is 4.39 Å². The van der Waals surface area contributed by atoms with E-state index >= 15 is 0 Å². The van der Waals surface area contributed by atoms with Gasteiger partial charge in [0, 0.05) is 17.1 Å². The molecule has 0 radical (unpaired) electrons. The van der Waals surface area contributed by atoms with Gasteiger partial charge in [-0.3, -0.25) is 10.1 Å². The third-order valence-corrected chi connectivity index (χ3v) is 3.94. The molecule has 0 atom stereocenters. The zero-order chi connectivity index (χ0) is 15.6. The van der Waals surface area contributed by atoms with Crippen molar-refractivity contribution in [2.24, 2.45) is 0 Å². The SMILES string of the molecule is FC1=CCC=C(c2[nH]ncc2-c2ccnc3ccccc23)C=C1. The molecule has 0 spiro atoms. The van der Waals surface area contributed by atoms with Gasteiger partial charge in [-0.2, -0.15) is 5.10 Å². The monoisotopic (exact) mass is 303 g/mol. The third kappa shape index (κ3) is 2.48. The molecule has 3 aromatic rings. The van der Waals surface area contributed by atoms with Crippen LogP contribution < -0.4 is 0 Å². The molecule has 0 fully saturated rings. The van der Waals surface area contributed by atoms with Crippen LogP contribution in [0.5, 0.6) is 0 Å². The highest BCUT2D eigenvalue weighted by atomic mass is 19.1. The van der Waals surface area contributed by atoms with Crippen LogP contribution in [0.15, 0.2) is 72.9 Å². The Labute approximate surface area is 132 Å². The molecule has 0 saturated carbocycles. The van der Waals surface area contributed by atoms with E-state index in [1.165, 1.54) is 6.08 Å². The molecule has 3 nitrogen and oxygen atoms in total. The van der Waals surface area contributed by atoms with Crippen LogP contribution in [-0.2, 0) is 0 Å². The Kier molecular flexibility index (Phi) is 3.35. The highest BCUT2D eigenvalue weighted by Crippen LogP contribution is 2.33.